The van der Waals surface area contributed by atoms with Crippen LogP contribution in [0.25, 0.3) is 0 Å². The first-order valence-corrected chi connectivity index (χ1v) is 6.53. The summed E-state index contributed by atoms with van der Waals surface area (Å²) in [6, 6.07) is 3.87. The molecule has 5 heteroatoms. The van der Waals surface area contributed by atoms with Gasteiger partial charge in [0.25, 0.3) is 0 Å². The Morgan fingerprint density at radius 1 is 1.44 bits per heavy atom. The Hall–Kier alpha value is -1.62. The van der Waals surface area contributed by atoms with Crippen LogP contribution in [-0.2, 0) is 11.2 Å². The van der Waals surface area contributed by atoms with E-state index in [4.69, 9.17) is 5.73 Å². The molecule has 1 amide bonds. The fourth-order valence-corrected chi connectivity index (χ4v) is 2.81. The van der Waals surface area contributed by atoms with Gasteiger partial charge in [-0.05, 0) is 43.9 Å². The number of rotatable bonds is 2. The quantitative estimate of drug-likeness (QED) is 0.710. The molecule has 5 nitrogen and oxygen atoms in total. The van der Waals surface area contributed by atoms with Crippen LogP contribution in [0.4, 0.5) is 5.82 Å². The molecule has 2 aliphatic rings. The number of carbonyl (C=O) groups is 1. The van der Waals surface area contributed by atoms with Gasteiger partial charge in [-0.15, -0.1) is 0 Å². The number of hydrogen-bond acceptors (Lipinski definition) is 4. The van der Waals surface area contributed by atoms with E-state index in [1.165, 1.54) is 0 Å². The third kappa shape index (κ3) is 2.06. The van der Waals surface area contributed by atoms with E-state index in [-0.39, 0.29) is 18.0 Å². The van der Waals surface area contributed by atoms with Gasteiger partial charge in [0.15, 0.2) is 0 Å². The van der Waals surface area contributed by atoms with Gasteiger partial charge >= 0.3 is 0 Å². The van der Waals surface area contributed by atoms with Crippen LogP contribution in [0.5, 0.6) is 0 Å². The molecule has 0 spiro atoms. The molecule has 1 aromatic heterocycles. The number of aromatic nitrogens is 1. The number of carbonyl (C=O) groups excluding carboxylic acids is 1. The third-order valence-corrected chi connectivity index (χ3v) is 3.77. The van der Waals surface area contributed by atoms with Crippen LogP contribution in [0.2, 0.25) is 0 Å². The summed E-state index contributed by atoms with van der Waals surface area (Å²) in [4.78, 5) is 16.4. The molecule has 2 heterocycles. The Morgan fingerprint density at radius 3 is 3.11 bits per heavy atom. The van der Waals surface area contributed by atoms with Crippen molar-refractivity contribution >= 4 is 11.7 Å². The average Bonchev–Trinajstić information content (AvgIpc) is 2.98. The minimum atomic E-state index is -0.0178. The summed E-state index contributed by atoms with van der Waals surface area (Å²) in [6.07, 6.45) is 3.83. The fourth-order valence-electron chi connectivity index (χ4n) is 2.81. The van der Waals surface area contributed by atoms with Crippen LogP contribution in [0, 0.1) is 0 Å². The second-order valence-electron chi connectivity index (χ2n) is 5.02. The smallest absolute Gasteiger partial charge is 0.237 e. The Labute approximate surface area is 106 Å². The fraction of sp³-hybridized carbons (Fsp3) is 0.538. The molecule has 1 aliphatic carbocycles. The summed E-state index contributed by atoms with van der Waals surface area (Å²) in [6.45, 7) is 0.942. The SMILES string of the molecule is Nc1ccc2c(n1)CCC2NC(=O)C1CCCN1. The third-order valence-electron chi connectivity index (χ3n) is 3.77. The van der Waals surface area contributed by atoms with Crippen LogP contribution >= 0.6 is 0 Å². The number of hydrogen-bond donors (Lipinski definition) is 3. The van der Waals surface area contributed by atoms with Crippen molar-refractivity contribution in [1.82, 2.24) is 15.6 Å². The first kappa shape index (κ1) is 11.5. The minimum absolute atomic E-state index is 0.0178. The highest BCUT2D eigenvalue weighted by atomic mass is 16.2. The first-order chi connectivity index (χ1) is 8.74. The van der Waals surface area contributed by atoms with Gasteiger partial charge in [0.1, 0.15) is 5.82 Å². The van der Waals surface area contributed by atoms with Gasteiger partial charge in [0.05, 0.1) is 12.1 Å². The van der Waals surface area contributed by atoms with Crippen LogP contribution < -0.4 is 16.4 Å². The van der Waals surface area contributed by atoms with Crippen molar-refractivity contribution in [2.45, 2.75) is 37.8 Å². The predicted octanol–water partition coefficient (Wildman–Crippen LogP) is 0.519. The highest BCUT2D eigenvalue weighted by Crippen LogP contribution is 2.30. The predicted molar refractivity (Wildman–Crippen MR) is 68.9 cm³/mol. The lowest BCUT2D eigenvalue weighted by Crippen LogP contribution is -2.41. The van der Waals surface area contributed by atoms with Gasteiger partial charge in [-0.2, -0.15) is 0 Å². The van der Waals surface area contributed by atoms with Crippen LogP contribution in [0.15, 0.2) is 12.1 Å². The zero-order chi connectivity index (χ0) is 12.5. The normalized spacial score (nSPS) is 26.0. The summed E-state index contributed by atoms with van der Waals surface area (Å²) in [5.74, 6) is 0.667. The number of pyridine rings is 1. The first-order valence-electron chi connectivity index (χ1n) is 6.53. The van der Waals surface area contributed by atoms with Crippen molar-refractivity contribution in [2.24, 2.45) is 0 Å². The maximum Gasteiger partial charge on any atom is 0.237 e. The Morgan fingerprint density at radius 2 is 2.33 bits per heavy atom. The number of nitrogens with zero attached hydrogens (tertiary/aromatic N) is 1. The molecule has 4 N–H and O–H groups in total. The van der Waals surface area contributed by atoms with Crippen LogP contribution in [0.1, 0.15) is 36.6 Å². The summed E-state index contributed by atoms with van der Waals surface area (Å²) in [5, 5.41) is 6.33. The van der Waals surface area contributed by atoms with E-state index < -0.39 is 0 Å². The highest BCUT2D eigenvalue weighted by Gasteiger charge is 2.29. The summed E-state index contributed by atoms with van der Waals surface area (Å²) in [7, 11) is 0. The molecule has 1 saturated heterocycles. The number of nitrogen functional groups attached to an aromatic ring is 1. The zero-order valence-corrected chi connectivity index (χ0v) is 10.3. The maximum atomic E-state index is 12.1. The summed E-state index contributed by atoms with van der Waals surface area (Å²) in [5.41, 5.74) is 7.82. The number of anilines is 1. The average molecular weight is 246 g/mol. The van der Waals surface area contributed by atoms with Crippen molar-refractivity contribution in [1.29, 1.82) is 0 Å². The molecule has 1 fully saturated rings. The summed E-state index contributed by atoms with van der Waals surface area (Å²) < 4.78 is 0. The molecule has 3 rings (SSSR count). The van der Waals surface area contributed by atoms with Crippen molar-refractivity contribution < 1.29 is 4.79 Å². The Bertz CT molecular complexity index is 468. The molecule has 0 aromatic carbocycles. The molecule has 0 bridgehead atoms. The van der Waals surface area contributed by atoms with Crippen molar-refractivity contribution in [3.05, 3.63) is 23.4 Å². The van der Waals surface area contributed by atoms with E-state index in [1.807, 2.05) is 6.07 Å². The lowest BCUT2D eigenvalue weighted by Gasteiger charge is -2.17. The van der Waals surface area contributed by atoms with Gasteiger partial charge in [-0.1, -0.05) is 6.07 Å². The van der Waals surface area contributed by atoms with E-state index in [2.05, 4.69) is 15.6 Å². The summed E-state index contributed by atoms with van der Waals surface area (Å²) >= 11 is 0. The molecule has 1 aromatic rings. The van der Waals surface area contributed by atoms with Gasteiger partial charge < -0.3 is 16.4 Å². The molecule has 0 radical (unpaired) electrons. The van der Waals surface area contributed by atoms with Gasteiger partial charge in [0, 0.05) is 5.69 Å². The monoisotopic (exact) mass is 246 g/mol. The maximum absolute atomic E-state index is 12.1. The van der Waals surface area contributed by atoms with E-state index in [0.29, 0.717) is 5.82 Å². The lowest BCUT2D eigenvalue weighted by molar-refractivity contribution is -0.123. The molecule has 2 atom stereocenters. The minimum Gasteiger partial charge on any atom is -0.384 e. The second kappa shape index (κ2) is 4.57. The Kier molecular flexibility index (Phi) is 2.91. The molecular weight excluding hydrogens is 228 g/mol. The molecule has 18 heavy (non-hydrogen) atoms. The standard InChI is InChI=1S/C13H18N4O/c14-12-6-3-8-9(16-12)4-5-10(8)17-13(18)11-2-1-7-15-11/h3,6,10-11,15H,1-2,4-5,7H2,(H2,14,16)(H,17,18). The molecule has 2 unspecified atom stereocenters. The van der Waals surface area contributed by atoms with E-state index in [9.17, 15) is 4.79 Å². The molecule has 96 valence electrons. The molecule has 1 aliphatic heterocycles. The number of aryl methyl sites for hydroxylation is 1. The van der Waals surface area contributed by atoms with Crippen LogP contribution in [0.3, 0.4) is 0 Å². The second-order valence-corrected chi connectivity index (χ2v) is 5.02. The van der Waals surface area contributed by atoms with E-state index in [0.717, 1.165) is 43.5 Å². The van der Waals surface area contributed by atoms with Gasteiger partial charge in [-0.25, -0.2) is 4.98 Å². The molecular formula is C13H18N4O. The highest BCUT2D eigenvalue weighted by molar-refractivity contribution is 5.82. The van der Waals surface area contributed by atoms with Crippen molar-refractivity contribution in [3.8, 4) is 0 Å². The van der Waals surface area contributed by atoms with Crippen molar-refractivity contribution in [3.63, 3.8) is 0 Å². The van der Waals surface area contributed by atoms with Gasteiger partial charge in [0.2, 0.25) is 5.91 Å². The number of nitrogens with one attached hydrogen (secondary N) is 2. The number of fused-ring (bicyclic) bond motifs is 1. The van der Waals surface area contributed by atoms with E-state index in [1.54, 1.807) is 6.07 Å². The number of nitrogens with two attached hydrogens (primary N) is 1. The van der Waals surface area contributed by atoms with Crippen molar-refractivity contribution in [2.75, 3.05) is 12.3 Å². The van der Waals surface area contributed by atoms with Crippen LogP contribution in [-0.4, -0.2) is 23.5 Å². The lowest BCUT2D eigenvalue weighted by atomic mass is 10.1. The largest absolute Gasteiger partial charge is 0.384 e. The molecule has 0 saturated carbocycles. The topological polar surface area (TPSA) is 80.0 Å². The van der Waals surface area contributed by atoms with E-state index >= 15 is 0 Å². The van der Waals surface area contributed by atoms with Gasteiger partial charge in [-0.3, -0.25) is 4.79 Å². The Balaban J connectivity index is 1.70. The number of amides is 1. The zero-order valence-electron chi connectivity index (χ0n) is 10.3.